The Bertz CT molecular complexity index is 249. The third-order valence-electron chi connectivity index (χ3n) is 2.69. The fourth-order valence-corrected chi connectivity index (χ4v) is 2.08. The Kier molecular flexibility index (Phi) is 1.48. The number of hydrogen-bond acceptors (Lipinski definition) is 3. The molecule has 0 saturated carbocycles. The number of amides is 1. The van der Waals surface area contributed by atoms with Crippen molar-refractivity contribution in [1.82, 2.24) is 4.90 Å². The normalized spacial score (nSPS) is 36.3. The van der Waals surface area contributed by atoms with Gasteiger partial charge in [0.1, 0.15) is 0 Å². The molecule has 12 heavy (non-hydrogen) atoms. The molecule has 0 radical (unpaired) electrons. The second kappa shape index (κ2) is 2.29. The number of aliphatic hydroxyl groups excluding tert-OH is 1. The van der Waals surface area contributed by atoms with Crippen LogP contribution in [-0.2, 0) is 9.59 Å². The maximum absolute atomic E-state index is 11.2. The molecule has 2 rings (SSSR count). The second-order valence-electron chi connectivity index (χ2n) is 3.54. The molecule has 2 fully saturated rings. The molecule has 2 heterocycles. The van der Waals surface area contributed by atoms with E-state index in [1.807, 2.05) is 0 Å². The molecule has 0 spiro atoms. The van der Waals surface area contributed by atoms with Gasteiger partial charge in [-0.15, -0.1) is 0 Å². The Balaban J connectivity index is 2.13. The molecule has 0 aromatic rings. The summed E-state index contributed by atoms with van der Waals surface area (Å²) in [6.07, 6.45) is -0.189. The standard InChI is InChI=1S/C8H11NO3/c1-4(10)7-6-2-5(11)3-9(6)8(7)12/h4,6-7,10H,2-3H2,1H3/t4?,6-,7-/m1/s1. The van der Waals surface area contributed by atoms with Gasteiger partial charge < -0.3 is 10.0 Å². The van der Waals surface area contributed by atoms with Crippen LogP contribution in [0.15, 0.2) is 0 Å². The largest absolute Gasteiger partial charge is 0.393 e. The average Bonchev–Trinajstić information content (AvgIpc) is 2.28. The summed E-state index contributed by atoms with van der Waals surface area (Å²) in [4.78, 5) is 23.7. The molecule has 0 aromatic heterocycles. The first-order chi connectivity index (χ1) is 5.61. The molecule has 2 saturated heterocycles. The topological polar surface area (TPSA) is 57.6 Å². The Hall–Kier alpha value is -0.900. The van der Waals surface area contributed by atoms with Gasteiger partial charge in [0, 0.05) is 6.42 Å². The maximum atomic E-state index is 11.2. The lowest BCUT2D eigenvalue weighted by Gasteiger charge is -2.43. The number of fused-ring (bicyclic) bond motifs is 1. The molecule has 0 aromatic carbocycles. The molecule has 0 bridgehead atoms. The number of hydrogen-bond donors (Lipinski definition) is 1. The molecule has 2 aliphatic rings. The van der Waals surface area contributed by atoms with Crippen LogP contribution in [0.25, 0.3) is 0 Å². The SMILES string of the molecule is CC(O)[C@H]1C(=O)N2CC(=O)C[C@H]12. The highest BCUT2D eigenvalue weighted by Gasteiger charge is 2.54. The lowest BCUT2D eigenvalue weighted by atomic mass is 9.84. The highest BCUT2D eigenvalue weighted by molar-refractivity contribution is 5.97. The lowest BCUT2D eigenvalue weighted by Crippen LogP contribution is -2.60. The van der Waals surface area contributed by atoms with E-state index >= 15 is 0 Å². The third kappa shape index (κ3) is 0.813. The van der Waals surface area contributed by atoms with Gasteiger partial charge in [-0.05, 0) is 6.92 Å². The Morgan fingerprint density at radius 3 is 2.83 bits per heavy atom. The van der Waals surface area contributed by atoms with E-state index in [4.69, 9.17) is 0 Å². The van der Waals surface area contributed by atoms with Gasteiger partial charge in [-0.2, -0.15) is 0 Å². The van der Waals surface area contributed by atoms with E-state index in [1.54, 1.807) is 11.8 Å². The molecule has 1 amide bonds. The van der Waals surface area contributed by atoms with Gasteiger partial charge >= 0.3 is 0 Å². The molecule has 4 heteroatoms. The summed E-state index contributed by atoms with van der Waals surface area (Å²) in [5.41, 5.74) is 0. The van der Waals surface area contributed by atoms with E-state index in [-0.39, 0.29) is 30.2 Å². The van der Waals surface area contributed by atoms with Gasteiger partial charge in [0.15, 0.2) is 5.78 Å². The average molecular weight is 169 g/mol. The monoisotopic (exact) mass is 169 g/mol. The Morgan fingerprint density at radius 1 is 1.58 bits per heavy atom. The van der Waals surface area contributed by atoms with E-state index in [0.717, 1.165) is 0 Å². The summed E-state index contributed by atoms with van der Waals surface area (Å²) in [7, 11) is 0. The smallest absolute Gasteiger partial charge is 0.231 e. The minimum absolute atomic E-state index is 0.00926. The van der Waals surface area contributed by atoms with Gasteiger partial charge in [-0.25, -0.2) is 0 Å². The molecular weight excluding hydrogens is 158 g/mol. The van der Waals surface area contributed by atoms with Crippen LogP contribution in [0, 0.1) is 5.92 Å². The van der Waals surface area contributed by atoms with Crippen LogP contribution < -0.4 is 0 Å². The van der Waals surface area contributed by atoms with Crippen LogP contribution in [-0.4, -0.2) is 40.4 Å². The lowest BCUT2D eigenvalue weighted by molar-refractivity contribution is -0.159. The highest BCUT2D eigenvalue weighted by Crippen LogP contribution is 2.35. The quantitative estimate of drug-likeness (QED) is 0.521. The fourth-order valence-electron chi connectivity index (χ4n) is 2.08. The van der Waals surface area contributed by atoms with Crippen molar-refractivity contribution in [1.29, 1.82) is 0 Å². The molecule has 1 N–H and O–H groups in total. The van der Waals surface area contributed by atoms with Crippen molar-refractivity contribution in [3.8, 4) is 0 Å². The molecule has 0 aliphatic carbocycles. The Labute approximate surface area is 70.2 Å². The van der Waals surface area contributed by atoms with E-state index in [2.05, 4.69) is 0 Å². The van der Waals surface area contributed by atoms with Crippen LogP contribution >= 0.6 is 0 Å². The molecule has 2 aliphatic heterocycles. The molecule has 1 unspecified atom stereocenters. The molecular formula is C8H11NO3. The predicted octanol–water partition coefficient (Wildman–Crippen LogP) is -0.833. The van der Waals surface area contributed by atoms with Crippen molar-refractivity contribution >= 4 is 11.7 Å². The van der Waals surface area contributed by atoms with Gasteiger partial charge in [0.05, 0.1) is 24.6 Å². The van der Waals surface area contributed by atoms with Gasteiger partial charge in [0.25, 0.3) is 0 Å². The summed E-state index contributed by atoms with van der Waals surface area (Å²) in [6.45, 7) is 1.86. The first-order valence-corrected chi connectivity index (χ1v) is 4.11. The van der Waals surface area contributed by atoms with Crippen molar-refractivity contribution in [2.75, 3.05) is 6.54 Å². The van der Waals surface area contributed by atoms with Crippen molar-refractivity contribution in [3.05, 3.63) is 0 Å². The number of Topliss-reactive ketones (excluding diaryl/α,β-unsaturated/α-hetero) is 1. The number of aliphatic hydroxyl groups is 1. The molecule has 4 nitrogen and oxygen atoms in total. The van der Waals surface area contributed by atoms with Gasteiger partial charge in [0.2, 0.25) is 5.91 Å². The van der Waals surface area contributed by atoms with Gasteiger partial charge in [-0.1, -0.05) is 0 Å². The van der Waals surface area contributed by atoms with Crippen molar-refractivity contribution in [2.45, 2.75) is 25.5 Å². The molecule has 3 atom stereocenters. The molecule has 66 valence electrons. The zero-order valence-corrected chi connectivity index (χ0v) is 6.86. The van der Waals surface area contributed by atoms with Crippen molar-refractivity contribution in [3.63, 3.8) is 0 Å². The minimum atomic E-state index is -0.621. The summed E-state index contributed by atoms with van der Waals surface area (Å²) in [5.74, 6) is -0.284. The number of nitrogens with zero attached hydrogens (tertiary/aromatic N) is 1. The zero-order valence-electron chi connectivity index (χ0n) is 6.86. The summed E-state index contributed by atoms with van der Waals surface area (Å²) in [6, 6.07) is -0.00926. The van der Waals surface area contributed by atoms with E-state index < -0.39 is 6.10 Å². The van der Waals surface area contributed by atoms with Crippen molar-refractivity contribution in [2.24, 2.45) is 5.92 Å². The summed E-state index contributed by atoms with van der Waals surface area (Å²) in [5, 5.41) is 9.22. The van der Waals surface area contributed by atoms with Crippen LogP contribution in [0.4, 0.5) is 0 Å². The third-order valence-corrected chi connectivity index (χ3v) is 2.69. The predicted molar refractivity (Wildman–Crippen MR) is 40.3 cm³/mol. The second-order valence-corrected chi connectivity index (χ2v) is 3.54. The highest BCUT2D eigenvalue weighted by atomic mass is 16.3. The van der Waals surface area contributed by atoms with E-state index in [0.29, 0.717) is 6.42 Å². The van der Waals surface area contributed by atoms with Gasteiger partial charge in [-0.3, -0.25) is 9.59 Å². The first-order valence-electron chi connectivity index (χ1n) is 4.11. The van der Waals surface area contributed by atoms with Crippen LogP contribution in [0.3, 0.4) is 0 Å². The number of carbonyl (C=O) groups excluding carboxylic acids is 2. The van der Waals surface area contributed by atoms with Crippen molar-refractivity contribution < 1.29 is 14.7 Å². The van der Waals surface area contributed by atoms with Crippen LogP contribution in [0.1, 0.15) is 13.3 Å². The first kappa shape index (κ1) is 7.73. The van der Waals surface area contributed by atoms with Crippen LogP contribution in [0.5, 0.6) is 0 Å². The zero-order chi connectivity index (χ0) is 8.88. The number of rotatable bonds is 1. The summed E-state index contributed by atoms with van der Waals surface area (Å²) < 4.78 is 0. The number of ketones is 1. The number of β-lactam (4-membered cyclic amide) rings is 1. The van der Waals surface area contributed by atoms with E-state index in [9.17, 15) is 14.7 Å². The van der Waals surface area contributed by atoms with E-state index in [1.165, 1.54) is 0 Å². The Morgan fingerprint density at radius 2 is 2.25 bits per heavy atom. The fraction of sp³-hybridized carbons (Fsp3) is 0.750. The summed E-state index contributed by atoms with van der Waals surface area (Å²) >= 11 is 0. The van der Waals surface area contributed by atoms with Crippen LogP contribution in [0.2, 0.25) is 0 Å². The maximum Gasteiger partial charge on any atom is 0.231 e. The minimum Gasteiger partial charge on any atom is -0.393 e. The number of carbonyl (C=O) groups is 2.